The molecule has 0 fully saturated rings. The second-order valence-electron chi connectivity index (χ2n) is 4.88. The number of rotatable bonds is 9. The van der Waals surface area contributed by atoms with E-state index >= 15 is 0 Å². The SMILES string of the molecule is CC.CCOC(=O)c1c(N)nc(SC)nc1OCCOCc1ccccc1. The first-order valence-corrected chi connectivity index (χ1v) is 10.0. The van der Waals surface area contributed by atoms with E-state index in [1.54, 1.807) is 6.92 Å². The van der Waals surface area contributed by atoms with Crippen LogP contribution in [0.3, 0.4) is 0 Å². The zero-order chi connectivity index (χ0) is 20.1. The van der Waals surface area contributed by atoms with E-state index in [2.05, 4.69) is 9.97 Å². The van der Waals surface area contributed by atoms with Crippen molar-refractivity contribution in [2.24, 2.45) is 0 Å². The average Bonchev–Trinajstić information content (AvgIpc) is 2.69. The van der Waals surface area contributed by atoms with Crippen molar-refractivity contribution in [3.05, 3.63) is 41.5 Å². The Kier molecular flexibility index (Phi) is 10.9. The number of carbonyl (C=O) groups is 1. The largest absolute Gasteiger partial charge is 0.474 e. The van der Waals surface area contributed by atoms with Crippen LogP contribution in [0.25, 0.3) is 0 Å². The van der Waals surface area contributed by atoms with E-state index in [1.807, 2.05) is 50.4 Å². The molecule has 27 heavy (non-hydrogen) atoms. The highest BCUT2D eigenvalue weighted by molar-refractivity contribution is 7.98. The lowest BCUT2D eigenvalue weighted by molar-refractivity contribution is 0.0514. The van der Waals surface area contributed by atoms with Gasteiger partial charge in [-0.05, 0) is 18.7 Å². The van der Waals surface area contributed by atoms with Gasteiger partial charge in [-0.1, -0.05) is 55.9 Å². The molecule has 0 atom stereocenters. The van der Waals surface area contributed by atoms with Gasteiger partial charge in [0, 0.05) is 0 Å². The summed E-state index contributed by atoms with van der Waals surface area (Å²) in [5, 5.41) is 0.422. The number of carbonyl (C=O) groups excluding carboxylic acids is 1. The molecular weight excluding hydrogens is 366 g/mol. The minimum Gasteiger partial charge on any atom is -0.474 e. The Labute approximate surface area is 164 Å². The summed E-state index contributed by atoms with van der Waals surface area (Å²) in [4.78, 5) is 20.3. The first-order valence-electron chi connectivity index (χ1n) is 8.78. The van der Waals surface area contributed by atoms with Crippen LogP contribution in [0.4, 0.5) is 5.82 Å². The summed E-state index contributed by atoms with van der Waals surface area (Å²) in [6, 6.07) is 9.82. The van der Waals surface area contributed by atoms with Crippen LogP contribution in [-0.4, -0.2) is 42.0 Å². The zero-order valence-electron chi connectivity index (χ0n) is 16.2. The zero-order valence-corrected chi connectivity index (χ0v) is 17.0. The molecule has 1 aromatic heterocycles. The smallest absolute Gasteiger partial charge is 0.347 e. The molecule has 0 aliphatic rings. The van der Waals surface area contributed by atoms with Gasteiger partial charge < -0.3 is 19.9 Å². The molecule has 148 valence electrons. The van der Waals surface area contributed by atoms with Crippen LogP contribution >= 0.6 is 11.8 Å². The highest BCUT2D eigenvalue weighted by Crippen LogP contribution is 2.25. The van der Waals surface area contributed by atoms with Crippen LogP contribution in [0.1, 0.15) is 36.7 Å². The maximum Gasteiger partial charge on any atom is 0.347 e. The van der Waals surface area contributed by atoms with Gasteiger partial charge in [-0.2, -0.15) is 4.98 Å². The summed E-state index contributed by atoms with van der Waals surface area (Å²) in [5.41, 5.74) is 6.98. The van der Waals surface area contributed by atoms with Gasteiger partial charge in [0.25, 0.3) is 0 Å². The standard InChI is InChI=1S/C17H21N3O4S.C2H6/c1-3-23-16(21)13-14(18)19-17(25-2)20-15(13)24-10-9-22-11-12-7-5-4-6-8-12;1-2/h4-8H,3,9-11H2,1-2H3,(H2,18,19,20);1-2H3. The van der Waals surface area contributed by atoms with Crippen molar-refractivity contribution in [1.82, 2.24) is 9.97 Å². The normalized spacial score (nSPS) is 9.93. The number of aromatic nitrogens is 2. The molecule has 0 saturated heterocycles. The Balaban J connectivity index is 0.00000176. The van der Waals surface area contributed by atoms with E-state index in [0.717, 1.165) is 5.56 Å². The van der Waals surface area contributed by atoms with Gasteiger partial charge in [0.15, 0.2) is 10.7 Å². The first-order chi connectivity index (χ1) is 13.2. The van der Waals surface area contributed by atoms with Crippen LogP contribution in [0.15, 0.2) is 35.5 Å². The monoisotopic (exact) mass is 393 g/mol. The van der Waals surface area contributed by atoms with Crippen LogP contribution < -0.4 is 10.5 Å². The molecule has 0 amide bonds. The van der Waals surface area contributed by atoms with Crippen molar-refractivity contribution in [2.45, 2.75) is 32.5 Å². The minimum absolute atomic E-state index is 0.0398. The number of nitrogen functional groups attached to an aromatic ring is 1. The molecule has 0 saturated carbocycles. The Hall–Kier alpha value is -2.32. The van der Waals surface area contributed by atoms with Crippen LogP contribution in [0.2, 0.25) is 0 Å². The Morgan fingerprint density at radius 1 is 1.15 bits per heavy atom. The lowest BCUT2D eigenvalue weighted by Gasteiger charge is -2.12. The number of nitrogens with two attached hydrogens (primary N) is 1. The summed E-state index contributed by atoms with van der Waals surface area (Å²) >= 11 is 1.31. The maximum absolute atomic E-state index is 12.1. The van der Waals surface area contributed by atoms with Gasteiger partial charge in [-0.15, -0.1) is 0 Å². The molecule has 0 aliphatic carbocycles. The molecule has 8 heteroatoms. The summed E-state index contributed by atoms with van der Waals surface area (Å²) < 4.78 is 16.1. The van der Waals surface area contributed by atoms with Crippen molar-refractivity contribution < 1.29 is 19.0 Å². The van der Waals surface area contributed by atoms with E-state index in [0.29, 0.717) is 18.4 Å². The van der Waals surface area contributed by atoms with Gasteiger partial charge in [-0.3, -0.25) is 0 Å². The van der Waals surface area contributed by atoms with E-state index in [9.17, 15) is 4.79 Å². The van der Waals surface area contributed by atoms with Gasteiger partial charge in [0.1, 0.15) is 12.4 Å². The average molecular weight is 394 g/mol. The molecular formula is C19H27N3O4S. The number of esters is 1. The lowest BCUT2D eigenvalue weighted by atomic mass is 10.2. The number of thioether (sulfide) groups is 1. The minimum atomic E-state index is -0.604. The molecule has 1 aromatic carbocycles. The van der Waals surface area contributed by atoms with Gasteiger partial charge in [0.2, 0.25) is 5.88 Å². The molecule has 0 unspecified atom stereocenters. The highest BCUT2D eigenvalue weighted by atomic mass is 32.2. The van der Waals surface area contributed by atoms with Crippen molar-refractivity contribution in [2.75, 3.05) is 31.8 Å². The second kappa shape index (κ2) is 12.9. The van der Waals surface area contributed by atoms with Crippen LogP contribution in [0, 0.1) is 0 Å². The van der Waals surface area contributed by atoms with Crippen LogP contribution in [0.5, 0.6) is 5.88 Å². The lowest BCUT2D eigenvalue weighted by Crippen LogP contribution is -2.16. The molecule has 2 aromatic rings. The fourth-order valence-corrected chi connectivity index (χ4v) is 2.35. The predicted octanol–water partition coefficient (Wildman–Crippen LogP) is 3.58. The third-order valence-electron chi connectivity index (χ3n) is 3.12. The summed E-state index contributed by atoms with van der Waals surface area (Å²) in [5.74, 6) is -0.454. The van der Waals surface area contributed by atoms with Crippen LogP contribution in [-0.2, 0) is 16.1 Å². The first kappa shape index (κ1) is 22.7. The predicted molar refractivity (Wildman–Crippen MR) is 107 cm³/mol. The fraction of sp³-hybridized carbons (Fsp3) is 0.421. The Morgan fingerprint density at radius 2 is 1.85 bits per heavy atom. The van der Waals surface area contributed by atoms with Crippen molar-refractivity contribution >= 4 is 23.5 Å². The number of hydrogen-bond donors (Lipinski definition) is 1. The summed E-state index contributed by atoms with van der Waals surface area (Å²) in [6.45, 7) is 6.99. The summed E-state index contributed by atoms with van der Waals surface area (Å²) in [6.07, 6.45) is 1.81. The molecule has 1 heterocycles. The molecule has 2 N–H and O–H groups in total. The Morgan fingerprint density at radius 3 is 2.48 bits per heavy atom. The molecule has 0 bridgehead atoms. The molecule has 0 aliphatic heterocycles. The third-order valence-corrected chi connectivity index (χ3v) is 3.67. The highest BCUT2D eigenvalue weighted by Gasteiger charge is 2.22. The number of hydrogen-bond acceptors (Lipinski definition) is 8. The van der Waals surface area contributed by atoms with Crippen molar-refractivity contribution in [1.29, 1.82) is 0 Å². The second-order valence-corrected chi connectivity index (χ2v) is 5.66. The number of benzene rings is 1. The molecule has 7 nitrogen and oxygen atoms in total. The molecule has 0 radical (unpaired) electrons. The number of ether oxygens (including phenoxy) is 3. The van der Waals surface area contributed by atoms with E-state index in [4.69, 9.17) is 19.9 Å². The fourth-order valence-electron chi connectivity index (χ4n) is 1.99. The maximum atomic E-state index is 12.1. The molecule has 0 spiro atoms. The van der Waals surface area contributed by atoms with Crippen molar-refractivity contribution in [3.8, 4) is 5.88 Å². The van der Waals surface area contributed by atoms with Gasteiger partial charge in [0.05, 0.1) is 19.8 Å². The van der Waals surface area contributed by atoms with E-state index < -0.39 is 5.97 Å². The number of nitrogens with zero attached hydrogens (tertiary/aromatic N) is 2. The quantitative estimate of drug-likeness (QED) is 0.299. The van der Waals surface area contributed by atoms with Crippen molar-refractivity contribution in [3.63, 3.8) is 0 Å². The third kappa shape index (κ3) is 7.44. The topological polar surface area (TPSA) is 96.6 Å². The van der Waals surface area contributed by atoms with Gasteiger partial charge >= 0.3 is 5.97 Å². The molecule has 2 rings (SSSR count). The Bertz CT molecular complexity index is 699. The van der Waals surface area contributed by atoms with E-state index in [1.165, 1.54) is 11.8 Å². The summed E-state index contributed by atoms with van der Waals surface area (Å²) in [7, 11) is 0. The van der Waals surface area contributed by atoms with Gasteiger partial charge in [-0.25, -0.2) is 9.78 Å². The number of anilines is 1. The van der Waals surface area contributed by atoms with E-state index in [-0.39, 0.29) is 30.5 Å².